The molecule has 0 aromatic rings. The zero-order chi connectivity index (χ0) is 13.7. The van der Waals surface area contributed by atoms with Gasteiger partial charge in [-0.3, -0.25) is 0 Å². The van der Waals surface area contributed by atoms with Crippen molar-refractivity contribution in [2.45, 2.75) is 58.5 Å². The Bertz CT molecular complexity index is 301. The lowest BCUT2D eigenvalue weighted by molar-refractivity contribution is -0.139. The van der Waals surface area contributed by atoms with Crippen molar-refractivity contribution in [2.75, 3.05) is 6.54 Å². The van der Waals surface area contributed by atoms with Crippen molar-refractivity contribution in [3.63, 3.8) is 0 Å². The number of carbonyl (C=O) groups is 2. The highest BCUT2D eigenvalue weighted by Gasteiger charge is 2.30. The first-order valence-electron chi connectivity index (χ1n) is 6.75. The van der Waals surface area contributed by atoms with Crippen molar-refractivity contribution in [1.82, 2.24) is 10.2 Å². The number of carboxylic acid groups (broad SMARTS) is 1. The molecule has 0 radical (unpaired) electrons. The number of urea groups is 1. The summed E-state index contributed by atoms with van der Waals surface area (Å²) < 4.78 is 0. The lowest BCUT2D eigenvalue weighted by Gasteiger charge is -2.28. The average Bonchev–Trinajstić information content (AvgIpc) is 3.08. The van der Waals surface area contributed by atoms with E-state index < -0.39 is 12.0 Å². The van der Waals surface area contributed by atoms with Gasteiger partial charge in [0, 0.05) is 12.6 Å². The van der Waals surface area contributed by atoms with E-state index in [1.165, 1.54) is 12.8 Å². The minimum absolute atomic E-state index is 0.0988. The van der Waals surface area contributed by atoms with Gasteiger partial charge in [-0.15, -0.1) is 0 Å². The number of hydrogen-bond acceptors (Lipinski definition) is 2. The van der Waals surface area contributed by atoms with Crippen LogP contribution in [-0.4, -0.2) is 40.6 Å². The van der Waals surface area contributed by atoms with Gasteiger partial charge in [-0.2, -0.15) is 0 Å². The smallest absolute Gasteiger partial charge is 0.326 e. The predicted molar refractivity (Wildman–Crippen MR) is 69.4 cm³/mol. The molecule has 18 heavy (non-hydrogen) atoms. The zero-order valence-electron chi connectivity index (χ0n) is 11.5. The fraction of sp³-hybridized carbons (Fsp3) is 0.846. The maximum absolute atomic E-state index is 12.1. The number of amides is 2. The van der Waals surface area contributed by atoms with Crippen molar-refractivity contribution < 1.29 is 14.7 Å². The summed E-state index contributed by atoms with van der Waals surface area (Å²) in [7, 11) is 0. The van der Waals surface area contributed by atoms with Crippen LogP contribution in [0, 0.1) is 5.92 Å². The van der Waals surface area contributed by atoms with Crippen molar-refractivity contribution in [2.24, 2.45) is 5.92 Å². The van der Waals surface area contributed by atoms with Gasteiger partial charge < -0.3 is 15.3 Å². The fourth-order valence-electron chi connectivity index (χ4n) is 1.88. The second-order valence-electron chi connectivity index (χ2n) is 5.32. The topological polar surface area (TPSA) is 69.6 Å². The van der Waals surface area contributed by atoms with E-state index in [1.807, 2.05) is 20.8 Å². The van der Waals surface area contributed by atoms with E-state index >= 15 is 0 Å². The van der Waals surface area contributed by atoms with E-state index in [1.54, 1.807) is 4.90 Å². The molecule has 2 amide bonds. The van der Waals surface area contributed by atoms with Gasteiger partial charge >= 0.3 is 12.0 Å². The number of nitrogens with zero attached hydrogens (tertiary/aromatic N) is 1. The Labute approximate surface area is 109 Å². The SMILES string of the molecule is CCC[C@H](NC(=O)N(CC1CC1)C(C)C)C(=O)O. The summed E-state index contributed by atoms with van der Waals surface area (Å²) in [5.74, 6) is -0.354. The first-order valence-corrected chi connectivity index (χ1v) is 6.75. The van der Waals surface area contributed by atoms with Crippen molar-refractivity contribution in [3.05, 3.63) is 0 Å². The quantitative estimate of drug-likeness (QED) is 0.732. The molecule has 1 saturated carbocycles. The predicted octanol–water partition coefficient (Wildman–Crippen LogP) is 2.07. The molecule has 0 aromatic heterocycles. The molecule has 2 N–H and O–H groups in total. The average molecular weight is 256 g/mol. The van der Waals surface area contributed by atoms with E-state index in [-0.39, 0.29) is 12.1 Å². The van der Waals surface area contributed by atoms with Crippen LogP contribution < -0.4 is 5.32 Å². The Kier molecular flexibility index (Phi) is 5.44. The third kappa shape index (κ3) is 4.55. The van der Waals surface area contributed by atoms with Gasteiger partial charge in [0.1, 0.15) is 6.04 Å². The van der Waals surface area contributed by atoms with E-state index in [0.717, 1.165) is 13.0 Å². The van der Waals surface area contributed by atoms with Crippen LogP contribution in [0.15, 0.2) is 0 Å². The van der Waals surface area contributed by atoms with Crippen LogP contribution in [0.4, 0.5) is 4.79 Å². The highest BCUT2D eigenvalue weighted by atomic mass is 16.4. The molecule has 0 bridgehead atoms. The minimum Gasteiger partial charge on any atom is -0.480 e. The van der Waals surface area contributed by atoms with Gasteiger partial charge in [-0.05, 0) is 39.0 Å². The number of carbonyl (C=O) groups excluding carboxylic acids is 1. The Morgan fingerprint density at radius 2 is 2.00 bits per heavy atom. The largest absolute Gasteiger partial charge is 0.480 e. The monoisotopic (exact) mass is 256 g/mol. The third-order valence-corrected chi connectivity index (χ3v) is 3.21. The van der Waals surface area contributed by atoms with Crippen molar-refractivity contribution in [1.29, 1.82) is 0 Å². The van der Waals surface area contributed by atoms with E-state index in [9.17, 15) is 9.59 Å². The number of rotatable bonds is 7. The van der Waals surface area contributed by atoms with Crippen LogP contribution in [0.25, 0.3) is 0 Å². The summed E-state index contributed by atoms with van der Waals surface area (Å²) in [6.07, 6.45) is 3.56. The standard InChI is InChI=1S/C13H24N2O3/c1-4-5-11(12(16)17)14-13(18)15(9(2)3)8-10-6-7-10/h9-11H,4-8H2,1-3H3,(H,14,18)(H,16,17)/t11-/m0/s1. The van der Waals surface area contributed by atoms with Gasteiger partial charge in [0.05, 0.1) is 0 Å². The minimum atomic E-state index is -0.958. The van der Waals surface area contributed by atoms with Crippen LogP contribution in [0.3, 0.4) is 0 Å². The Hall–Kier alpha value is -1.26. The molecule has 104 valence electrons. The maximum Gasteiger partial charge on any atom is 0.326 e. The Balaban J connectivity index is 2.55. The fourth-order valence-corrected chi connectivity index (χ4v) is 1.88. The summed E-state index contributed by atoms with van der Waals surface area (Å²) >= 11 is 0. The summed E-state index contributed by atoms with van der Waals surface area (Å²) in [6, 6.07) is -0.928. The summed E-state index contributed by atoms with van der Waals surface area (Å²) in [5.41, 5.74) is 0. The Morgan fingerprint density at radius 3 is 2.39 bits per heavy atom. The molecule has 1 rings (SSSR count). The molecule has 1 fully saturated rings. The van der Waals surface area contributed by atoms with Gasteiger partial charge in [0.15, 0.2) is 0 Å². The molecule has 0 unspecified atom stereocenters. The summed E-state index contributed by atoms with van der Waals surface area (Å²) in [5, 5.41) is 11.7. The number of nitrogens with one attached hydrogen (secondary N) is 1. The summed E-state index contributed by atoms with van der Waals surface area (Å²) in [4.78, 5) is 24.8. The molecule has 0 aromatic carbocycles. The van der Waals surface area contributed by atoms with Crippen LogP contribution in [-0.2, 0) is 4.79 Å². The molecule has 0 spiro atoms. The Morgan fingerprint density at radius 1 is 1.39 bits per heavy atom. The van der Waals surface area contributed by atoms with Crippen LogP contribution in [0.1, 0.15) is 46.5 Å². The maximum atomic E-state index is 12.1. The normalized spacial score (nSPS) is 16.4. The molecule has 0 heterocycles. The number of carboxylic acids is 1. The first-order chi connectivity index (χ1) is 8.45. The number of hydrogen-bond donors (Lipinski definition) is 2. The van der Waals surface area contributed by atoms with E-state index in [0.29, 0.717) is 12.3 Å². The highest BCUT2D eigenvalue weighted by molar-refractivity contribution is 5.82. The molecule has 1 atom stereocenters. The molecule has 5 nitrogen and oxygen atoms in total. The summed E-state index contributed by atoms with van der Waals surface area (Å²) in [6.45, 7) is 6.56. The van der Waals surface area contributed by atoms with Gasteiger partial charge in [0.2, 0.25) is 0 Å². The molecule has 0 saturated heterocycles. The van der Waals surface area contributed by atoms with Crippen LogP contribution in [0.5, 0.6) is 0 Å². The van der Waals surface area contributed by atoms with Gasteiger partial charge in [-0.1, -0.05) is 13.3 Å². The molecular weight excluding hydrogens is 232 g/mol. The number of aliphatic carboxylic acids is 1. The van der Waals surface area contributed by atoms with Gasteiger partial charge in [0.25, 0.3) is 0 Å². The van der Waals surface area contributed by atoms with Crippen molar-refractivity contribution in [3.8, 4) is 0 Å². The molecule has 5 heteroatoms. The van der Waals surface area contributed by atoms with Crippen molar-refractivity contribution >= 4 is 12.0 Å². The second kappa shape index (κ2) is 6.61. The van der Waals surface area contributed by atoms with E-state index in [4.69, 9.17) is 5.11 Å². The zero-order valence-corrected chi connectivity index (χ0v) is 11.5. The lowest BCUT2D eigenvalue weighted by Crippen LogP contribution is -2.50. The second-order valence-corrected chi connectivity index (χ2v) is 5.32. The third-order valence-electron chi connectivity index (χ3n) is 3.21. The van der Waals surface area contributed by atoms with Crippen LogP contribution in [0.2, 0.25) is 0 Å². The van der Waals surface area contributed by atoms with Crippen LogP contribution >= 0.6 is 0 Å². The lowest BCUT2D eigenvalue weighted by atomic mass is 10.2. The van der Waals surface area contributed by atoms with E-state index in [2.05, 4.69) is 5.32 Å². The van der Waals surface area contributed by atoms with Gasteiger partial charge in [-0.25, -0.2) is 9.59 Å². The molecule has 0 aliphatic heterocycles. The molecular formula is C13H24N2O3. The first kappa shape index (κ1) is 14.8. The molecule has 1 aliphatic rings. The molecule has 1 aliphatic carbocycles. The highest BCUT2D eigenvalue weighted by Crippen LogP contribution is 2.30.